The van der Waals surface area contributed by atoms with Crippen LogP contribution in [0.25, 0.3) is 43.8 Å². The van der Waals surface area contributed by atoms with Crippen molar-refractivity contribution >= 4 is 58.9 Å². The van der Waals surface area contributed by atoms with Gasteiger partial charge in [0.1, 0.15) is 0 Å². The summed E-state index contributed by atoms with van der Waals surface area (Å²) in [5.74, 6) is 1.33. The predicted octanol–water partition coefficient (Wildman–Crippen LogP) is 12.8. The van der Waals surface area contributed by atoms with Crippen LogP contribution in [0.15, 0.2) is 109 Å². The number of halogens is 2. The first kappa shape index (κ1) is 46.9. The number of hydrogen-bond donors (Lipinski definition) is 2. The van der Waals surface area contributed by atoms with Gasteiger partial charge < -0.3 is 10.5 Å². The fraction of sp³-hybridized carbons (Fsp3) is 0.333. The molecular formula is C48H58BCl2N2O2Zr. The summed E-state index contributed by atoms with van der Waals surface area (Å²) in [6, 6.07) is 40.6. The van der Waals surface area contributed by atoms with Gasteiger partial charge in [0.2, 0.25) is 0 Å². The van der Waals surface area contributed by atoms with Crippen LogP contribution in [0.1, 0.15) is 91.5 Å². The molecule has 1 radical (unpaired) electrons. The molecule has 0 spiro atoms. The van der Waals surface area contributed by atoms with E-state index < -0.39 is 20.8 Å². The molecule has 2 amide bonds. The van der Waals surface area contributed by atoms with Gasteiger partial charge in [0.15, 0.2) is 12.8 Å². The molecule has 0 aromatic heterocycles. The Morgan fingerprint density at radius 1 is 0.589 bits per heavy atom. The minimum absolute atomic E-state index is 0.188. The van der Waals surface area contributed by atoms with Gasteiger partial charge in [0.25, 0.3) is 0 Å². The molecule has 56 heavy (non-hydrogen) atoms. The second-order valence-corrected chi connectivity index (χ2v) is 20.6. The third kappa shape index (κ3) is 13.9. The first-order valence-corrected chi connectivity index (χ1v) is 25.6. The molecule has 0 heterocycles. The Morgan fingerprint density at radius 3 is 1.25 bits per heavy atom. The Bertz CT molecular complexity index is 1970. The van der Waals surface area contributed by atoms with Crippen molar-refractivity contribution in [2.24, 2.45) is 11.8 Å². The normalized spacial score (nSPS) is 11.0. The van der Waals surface area contributed by atoms with Crippen molar-refractivity contribution in [1.82, 2.24) is 10.5 Å². The van der Waals surface area contributed by atoms with E-state index in [1.807, 2.05) is 0 Å². The van der Waals surface area contributed by atoms with Crippen LogP contribution in [0.2, 0.25) is 0 Å². The number of benzene rings is 4. The Hall–Kier alpha value is -3.43. The topological polar surface area (TPSA) is 58.2 Å². The fourth-order valence-electron chi connectivity index (χ4n) is 6.72. The summed E-state index contributed by atoms with van der Waals surface area (Å²) >= 11 is -0.826. The number of carbonyl (C=O) groups is 2. The van der Waals surface area contributed by atoms with E-state index in [1.165, 1.54) is 66.1 Å². The van der Waals surface area contributed by atoms with E-state index in [-0.39, 0.29) is 10.8 Å². The molecule has 6 aromatic rings. The second kappa shape index (κ2) is 22.5. The summed E-state index contributed by atoms with van der Waals surface area (Å²) in [5.41, 5.74) is 11.6. The maximum absolute atomic E-state index is 9.38. The summed E-state index contributed by atoms with van der Waals surface area (Å²) in [5, 5.41) is 9.68. The molecular weight excluding hydrogens is 809 g/mol. The Balaban J connectivity index is 0.000000243. The van der Waals surface area contributed by atoms with Gasteiger partial charge in [0.05, 0.1) is 0 Å². The SMILES string of the molecule is CC(C)Cc1ccccc1-c1cccc2[cH-]c(C(C)(C)C)cc12.CC(C)Cc1ccccc1-c1cccc2[cH-]c(C(C)(C)C)cc12.O=CN[B]NC=O.[Cl][Zr+2][Cl]. The van der Waals surface area contributed by atoms with Crippen molar-refractivity contribution < 1.29 is 30.4 Å². The van der Waals surface area contributed by atoms with Crippen molar-refractivity contribution in [3.05, 3.63) is 131 Å². The van der Waals surface area contributed by atoms with E-state index in [4.69, 9.17) is 17.0 Å². The molecule has 0 aliphatic heterocycles. The Kier molecular flexibility index (Phi) is 18.9. The van der Waals surface area contributed by atoms with Crippen molar-refractivity contribution in [2.45, 2.75) is 92.9 Å². The standard InChI is InChI=1S/2C23H27.C2H4BN2O2.2ClH.Zr/c2*1-16(2)13-17-9-6-7-11-20(17)21-12-8-10-18-14-19(15-22(18)21)23(3,4)5;6-1-4-3-5-2-7;;;/h2*6-12,14-16H,13H2,1-5H3;1-2H,(H,4,6)(H,5,7);2*1H;/q2*-1;;;;+4/p-2. The second-order valence-electron chi connectivity index (χ2n) is 16.9. The quantitative estimate of drug-likeness (QED) is 0.0624. The molecule has 0 atom stereocenters. The van der Waals surface area contributed by atoms with Crippen LogP contribution >= 0.6 is 17.0 Å². The van der Waals surface area contributed by atoms with Gasteiger partial charge in [-0.15, -0.1) is 69.1 Å². The van der Waals surface area contributed by atoms with E-state index >= 15 is 0 Å². The summed E-state index contributed by atoms with van der Waals surface area (Å²) in [7, 11) is 11.0. The van der Waals surface area contributed by atoms with Crippen LogP contribution in [0, 0.1) is 11.8 Å². The van der Waals surface area contributed by atoms with Crippen molar-refractivity contribution in [2.75, 3.05) is 0 Å². The molecule has 0 aliphatic carbocycles. The van der Waals surface area contributed by atoms with Gasteiger partial charge in [-0.2, -0.15) is 12.1 Å². The summed E-state index contributed by atoms with van der Waals surface area (Å²) in [4.78, 5) is 18.8. The van der Waals surface area contributed by atoms with Gasteiger partial charge in [-0.1, -0.05) is 141 Å². The van der Waals surface area contributed by atoms with E-state index in [0.717, 1.165) is 20.4 Å². The van der Waals surface area contributed by atoms with E-state index in [1.54, 1.807) is 0 Å². The third-order valence-electron chi connectivity index (χ3n) is 9.41. The minimum atomic E-state index is -0.826. The van der Waals surface area contributed by atoms with E-state index in [0.29, 0.717) is 24.7 Å². The van der Waals surface area contributed by atoms with Crippen molar-refractivity contribution in [3.8, 4) is 22.3 Å². The average Bonchev–Trinajstić information content (AvgIpc) is 3.79. The summed E-state index contributed by atoms with van der Waals surface area (Å²) < 4.78 is 0. The van der Waals surface area contributed by atoms with Gasteiger partial charge >= 0.3 is 45.4 Å². The number of hydrogen-bond acceptors (Lipinski definition) is 2. The number of nitrogens with one attached hydrogen (secondary N) is 2. The third-order valence-corrected chi connectivity index (χ3v) is 9.41. The molecule has 0 saturated carbocycles. The Morgan fingerprint density at radius 2 is 0.929 bits per heavy atom. The summed E-state index contributed by atoms with van der Waals surface area (Å²) in [6.45, 7) is 22.9. The molecule has 293 valence electrons. The van der Waals surface area contributed by atoms with Crippen molar-refractivity contribution in [3.63, 3.8) is 0 Å². The molecule has 8 heteroatoms. The molecule has 0 saturated heterocycles. The van der Waals surface area contributed by atoms with E-state index in [9.17, 15) is 9.59 Å². The maximum atomic E-state index is 9.38. The van der Waals surface area contributed by atoms with Crippen LogP contribution in [-0.2, 0) is 54.1 Å². The zero-order valence-corrected chi connectivity index (χ0v) is 38.7. The first-order chi connectivity index (χ1) is 26.5. The molecule has 2 N–H and O–H groups in total. The Labute approximate surface area is 355 Å². The van der Waals surface area contributed by atoms with Crippen LogP contribution < -0.4 is 10.5 Å². The van der Waals surface area contributed by atoms with Gasteiger partial charge in [-0.05, 0) is 57.8 Å². The van der Waals surface area contributed by atoms with Crippen LogP contribution in [0.3, 0.4) is 0 Å². The zero-order chi connectivity index (χ0) is 41.5. The fourth-order valence-corrected chi connectivity index (χ4v) is 6.72. The molecule has 0 fully saturated rings. The molecule has 6 aromatic carbocycles. The number of rotatable bonds is 10. The first-order valence-electron chi connectivity index (χ1n) is 19.3. The van der Waals surface area contributed by atoms with Crippen LogP contribution in [-0.4, -0.2) is 20.4 Å². The molecule has 0 bridgehead atoms. The zero-order valence-electron chi connectivity index (χ0n) is 34.8. The molecule has 0 aliphatic rings. The van der Waals surface area contributed by atoms with E-state index in [2.05, 4.69) is 189 Å². The van der Waals surface area contributed by atoms with Gasteiger partial charge in [-0.25, -0.2) is 0 Å². The monoisotopic (exact) mass is 865 g/mol. The van der Waals surface area contributed by atoms with Gasteiger partial charge in [0, 0.05) is 0 Å². The van der Waals surface area contributed by atoms with Crippen molar-refractivity contribution in [1.29, 1.82) is 0 Å². The number of carbonyl (C=O) groups excluding carboxylic acids is 2. The van der Waals surface area contributed by atoms with Gasteiger partial charge in [-0.3, -0.25) is 9.59 Å². The number of amides is 2. The summed E-state index contributed by atoms with van der Waals surface area (Å²) in [6.07, 6.45) is 3.16. The predicted molar refractivity (Wildman–Crippen MR) is 240 cm³/mol. The molecule has 0 unspecified atom stereocenters. The molecule has 6 rings (SSSR count). The molecule has 4 nitrogen and oxygen atoms in total. The average molecular weight is 868 g/mol. The van der Waals surface area contributed by atoms with Crippen LogP contribution in [0.4, 0.5) is 0 Å². The number of fused-ring (bicyclic) bond motifs is 2. The van der Waals surface area contributed by atoms with Crippen LogP contribution in [0.5, 0.6) is 0 Å².